The van der Waals surface area contributed by atoms with Gasteiger partial charge >= 0.3 is 5.97 Å². The van der Waals surface area contributed by atoms with Gasteiger partial charge in [0.2, 0.25) is 0 Å². The first-order chi connectivity index (χ1) is 9.11. The second-order valence-corrected chi connectivity index (χ2v) is 4.81. The first-order valence-electron chi connectivity index (χ1n) is 6.05. The third-order valence-electron chi connectivity index (χ3n) is 3.12. The summed E-state index contributed by atoms with van der Waals surface area (Å²) >= 11 is 5.88. The second kappa shape index (κ2) is 5.89. The number of esters is 1. The van der Waals surface area contributed by atoms with Crippen LogP contribution in [-0.4, -0.2) is 13.1 Å². The van der Waals surface area contributed by atoms with Crippen molar-refractivity contribution < 1.29 is 9.53 Å². The van der Waals surface area contributed by atoms with E-state index < -0.39 is 0 Å². The van der Waals surface area contributed by atoms with E-state index in [2.05, 4.69) is 0 Å². The minimum Gasteiger partial charge on any atom is -0.469 e. The average molecular weight is 275 g/mol. The Morgan fingerprint density at radius 3 is 2.42 bits per heavy atom. The fraction of sp³-hybridized carbons (Fsp3) is 0.188. The molecule has 0 aliphatic rings. The molecule has 0 amide bonds. The van der Waals surface area contributed by atoms with Crippen LogP contribution in [0.15, 0.2) is 48.5 Å². The van der Waals surface area contributed by atoms with Gasteiger partial charge in [-0.05, 0) is 35.7 Å². The number of rotatable bonds is 3. The first kappa shape index (κ1) is 13.6. The van der Waals surface area contributed by atoms with E-state index in [0.717, 1.165) is 16.7 Å². The van der Waals surface area contributed by atoms with Crippen molar-refractivity contribution in [1.29, 1.82) is 0 Å². The number of hydrogen-bond acceptors (Lipinski definition) is 2. The predicted octanol–water partition coefficient (Wildman–Crippen LogP) is 4.28. The molecule has 0 N–H and O–H groups in total. The summed E-state index contributed by atoms with van der Waals surface area (Å²) in [4.78, 5) is 11.6. The Hall–Kier alpha value is -1.80. The maximum atomic E-state index is 11.6. The van der Waals surface area contributed by atoms with Gasteiger partial charge in [-0.1, -0.05) is 48.0 Å². The molecule has 0 fully saturated rings. The van der Waals surface area contributed by atoms with Crippen LogP contribution in [0.3, 0.4) is 0 Å². The third-order valence-corrected chi connectivity index (χ3v) is 3.37. The predicted molar refractivity (Wildman–Crippen MR) is 77.3 cm³/mol. The zero-order valence-corrected chi connectivity index (χ0v) is 11.6. The molecule has 3 heteroatoms. The van der Waals surface area contributed by atoms with E-state index >= 15 is 0 Å². The highest BCUT2D eigenvalue weighted by molar-refractivity contribution is 6.30. The minimum absolute atomic E-state index is 0.228. The van der Waals surface area contributed by atoms with E-state index in [9.17, 15) is 4.79 Å². The smallest absolute Gasteiger partial charge is 0.312 e. The van der Waals surface area contributed by atoms with Crippen LogP contribution < -0.4 is 0 Å². The highest BCUT2D eigenvalue weighted by Gasteiger charge is 2.15. The molecule has 0 bridgehead atoms. The molecule has 0 aromatic heterocycles. The zero-order valence-electron chi connectivity index (χ0n) is 10.9. The van der Waals surface area contributed by atoms with E-state index in [-0.39, 0.29) is 11.9 Å². The number of carbonyl (C=O) groups excluding carboxylic acids is 1. The summed E-state index contributed by atoms with van der Waals surface area (Å²) in [6.45, 7) is 1.84. The van der Waals surface area contributed by atoms with Gasteiger partial charge in [-0.3, -0.25) is 4.79 Å². The van der Waals surface area contributed by atoms with Gasteiger partial charge in [0.25, 0.3) is 0 Å². The molecule has 98 valence electrons. The van der Waals surface area contributed by atoms with Gasteiger partial charge in [-0.15, -0.1) is 0 Å². The highest BCUT2D eigenvalue weighted by Crippen LogP contribution is 2.25. The normalized spacial score (nSPS) is 11.9. The van der Waals surface area contributed by atoms with Gasteiger partial charge in [0.1, 0.15) is 0 Å². The number of hydrogen-bond donors (Lipinski definition) is 0. The van der Waals surface area contributed by atoms with Crippen molar-refractivity contribution in [3.05, 3.63) is 59.1 Å². The molecule has 0 saturated carbocycles. The molecule has 0 radical (unpaired) electrons. The Bertz CT molecular complexity index is 576. The van der Waals surface area contributed by atoms with E-state index in [0.29, 0.717) is 5.02 Å². The summed E-state index contributed by atoms with van der Waals surface area (Å²) in [6.07, 6.45) is 0. The standard InChI is InChI=1S/C16H15ClO2/c1-11(16(18)19-2)13-4-3-5-14(10-13)12-6-8-15(17)9-7-12/h3-11H,1-2H3/t11-/m0/s1. The molecule has 1 atom stereocenters. The summed E-state index contributed by atoms with van der Waals surface area (Å²) in [5, 5.41) is 0.711. The molecule has 0 saturated heterocycles. The quantitative estimate of drug-likeness (QED) is 0.781. The van der Waals surface area contributed by atoms with Gasteiger partial charge in [0, 0.05) is 5.02 Å². The molecule has 0 heterocycles. The average Bonchev–Trinajstić information content (AvgIpc) is 2.46. The lowest BCUT2D eigenvalue weighted by Crippen LogP contribution is -2.10. The largest absolute Gasteiger partial charge is 0.469 e. The molecule has 0 aliphatic carbocycles. The van der Waals surface area contributed by atoms with Crippen LogP contribution in [0.25, 0.3) is 11.1 Å². The van der Waals surface area contributed by atoms with Crippen LogP contribution in [0.4, 0.5) is 0 Å². The molecule has 2 rings (SSSR count). The van der Waals surface area contributed by atoms with Crippen LogP contribution in [0.5, 0.6) is 0 Å². The fourth-order valence-corrected chi connectivity index (χ4v) is 2.07. The summed E-state index contributed by atoms with van der Waals surface area (Å²) < 4.78 is 4.77. The molecule has 0 aliphatic heterocycles. The Morgan fingerprint density at radius 2 is 1.79 bits per heavy atom. The second-order valence-electron chi connectivity index (χ2n) is 4.38. The molecular weight excluding hydrogens is 260 g/mol. The number of benzene rings is 2. The van der Waals surface area contributed by atoms with Crippen molar-refractivity contribution in [3.63, 3.8) is 0 Å². The lowest BCUT2D eigenvalue weighted by atomic mass is 9.96. The van der Waals surface area contributed by atoms with E-state index in [4.69, 9.17) is 16.3 Å². The Balaban J connectivity index is 2.34. The summed E-state index contributed by atoms with van der Waals surface area (Å²) in [5.41, 5.74) is 3.08. The van der Waals surface area contributed by atoms with Crippen LogP contribution in [0.2, 0.25) is 5.02 Å². The monoisotopic (exact) mass is 274 g/mol. The summed E-state index contributed by atoms with van der Waals surface area (Å²) in [5.74, 6) is -0.495. The summed E-state index contributed by atoms with van der Waals surface area (Å²) in [7, 11) is 1.40. The molecule has 0 unspecified atom stereocenters. The first-order valence-corrected chi connectivity index (χ1v) is 6.43. The summed E-state index contributed by atoms with van der Waals surface area (Å²) in [6, 6.07) is 15.5. The topological polar surface area (TPSA) is 26.3 Å². The molecule has 2 aromatic rings. The Morgan fingerprint density at radius 1 is 1.11 bits per heavy atom. The van der Waals surface area contributed by atoms with E-state index in [1.807, 2.05) is 55.5 Å². The lowest BCUT2D eigenvalue weighted by molar-refractivity contribution is -0.141. The zero-order chi connectivity index (χ0) is 13.8. The molecule has 0 spiro atoms. The molecular formula is C16H15ClO2. The Kier molecular flexibility index (Phi) is 4.23. The van der Waals surface area contributed by atoms with Gasteiger partial charge in [-0.2, -0.15) is 0 Å². The fourth-order valence-electron chi connectivity index (χ4n) is 1.94. The SMILES string of the molecule is COC(=O)[C@@H](C)c1cccc(-c2ccc(Cl)cc2)c1. The van der Waals surface area contributed by atoms with Crippen LogP contribution in [0.1, 0.15) is 18.4 Å². The van der Waals surface area contributed by atoms with Crippen LogP contribution in [-0.2, 0) is 9.53 Å². The maximum Gasteiger partial charge on any atom is 0.312 e. The van der Waals surface area contributed by atoms with Gasteiger partial charge < -0.3 is 4.74 Å². The van der Waals surface area contributed by atoms with Gasteiger partial charge in [0.05, 0.1) is 13.0 Å². The molecule has 19 heavy (non-hydrogen) atoms. The number of halogens is 1. The molecule has 2 aromatic carbocycles. The number of carbonyl (C=O) groups is 1. The van der Waals surface area contributed by atoms with Crippen molar-refractivity contribution in [2.24, 2.45) is 0 Å². The van der Waals surface area contributed by atoms with Crippen molar-refractivity contribution in [3.8, 4) is 11.1 Å². The van der Waals surface area contributed by atoms with Crippen molar-refractivity contribution >= 4 is 17.6 Å². The number of ether oxygens (including phenoxy) is 1. The number of methoxy groups -OCH3 is 1. The van der Waals surface area contributed by atoms with Crippen LogP contribution in [0, 0.1) is 0 Å². The van der Waals surface area contributed by atoms with Crippen molar-refractivity contribution in [2.75, 3.05) is 7.11 Å². The highest BCUT2D eigenvalue weighted by atomic mass is 35.5. The van der Waals surface area contributed by atoms with Gasteiger partial charge in [-0.25, -0.2) is 0 Å². The maximum absolute atomic E-state index is 11.6. The van der Waals surface area contributed by atoms with Crippen molar-refractivity contribution in [2.45, 2.75) is 12.8 Å². The third kappa shape index (κ3) is 3.15. The van der Waals surface area contributed by atoms with E-state index in [1.165, 1.54) is 7.11 Å². The van der Waals surface area contributed by atoms with Gasteiger partial charge in [0.15, 0.2) is 0 Å². The molecule has 2 nitrogen and oxygen atoms in total. The van der Waals surface area contributed by atoms with Crippen molar-refractivity contribution in [1.82, 2.24) is 0 Å². The lowest BCUT2D eigenvalue weighted by Gasteiger charge is -2.11. The van der Waals surface area contributed by atoms with E-state index in [1.54, 1.807) is 0 Å². The minimum atomic E-state index is -0.266. The Labute approximate surface area is 118 Å². The van der Waals surface area contributed by atoms with Crippen LogP contribution >= 0.6 is 11.6 Å².